The number of hydrogen-bond acceptors (Lipinski definition) is 4. The third-order valence-electron chi connectivity index (χ3n) is 4.38. The molecule has 136 valence electrons. The van der Waals surface area contributed by atoms with Crippen LogP contribution in [-0.4, -0.2) is 55.1 Å². The van der Waals surface area contributed by atoms with Crippen molar-refractivity contribution in [1.82, 2.24) is 20.5 Å². The van der Waals surface area contributed by atoms with Gasteiger partial charge in [-0.05, 0) is 52.6 Å². The number of aliphatic imine (C=N–C) groups is 1. The number of nitrogens with zero attached hydrogens (tertiary/aromatic N) is 3. The molecule has 0 saturated carbocycles. The molecule has 0 spiro atoms. The van der Waals surface area contributed by atoms with Crippen LogP contribution in [0.4, 0.5) is 0 Å². The Morgan fingerprint density at radius 3 is 2.67 bits per heavy atom. The molecular formula is C18H33N5S. The summed E-state index contributed by atoms with van der Waals surface area (Å²) >= 11 is 1.80. The van der Waals surface area contributed by atoms with Gasteiger partial charge in [0, 0.05) is 37.5 Å². The highest BCUT2D eigenvalue weighted by Crippen LogP contribution is 2.16. The smallest absolute Gasteiger partial charge is 0.191 e. The number of nitrogens with one attached hydrogen (secondary N) is 2. The molecular weight excluding hydrogens is 318 g/mol. The van der Waals surface area contributed by atoms with Crippen LogP contribution < -0.4 is 10.6 Å². The van der Waals surface area contributed by atoms with E-state index < -0.39 is 0 Å². The summed E-state index contributed by atoms with van der Waals surface area (Å²) in [6.45, 7) is 15.0. The second-order valence-electron chi connectivity index (χ2n) is 6.76. The average Bonchev–Trinajstić information content (AvgIpc) is 3.15. The standard InChI is InChI=1S/C18H33N5S/c1-5-19-18(20-9-8-17-22-15(3)16(4)24-17)21-12-14(2)13-23-10-6-7-11-23/h14H,5-13H2,1-4H3,(H2,19,20,21). The van der Waals surface area contributed by atoms with Gasteiger partial charge in [-0.1, -0.05) is 6.92 Å². The predicted molar refractivity (Wildman–Crippen MR) is 104 cm³/mol. The molecule has 0 bridgehead atoms. The maximum absolute atomic E-state index is 4.76. The largest absolute Gasteiger partial charge is 0.357 e. The van der Waals surface area contributed by atoms with E-state index in [1.807, 2.05) is 0 Å². The monoisotopic (exact) mass is 351 g/mol. The van der Waals surface area contributed by atoms with Crippen LogP contribution in [0, 0.1) is 19.8 Å². The third-order valence-corrected chi connectivity index (χ3v) is 5.51. The molecule has 1 fully saturated rings. The molecule has 0 aromatic carbocycles. The fourth-order valence-corrected chi connectivity index (χ4v) is 3.92. The van der Waals surface area contributed by atoms with Crippen molar-refractivity contribution in [2.75, 3.05) is 39.3 Å². The lowest BCUT2D eigenvalue weighted by atomic mass is 10.2. The maximum atomic E-state index is 4.76. The number of likely N-dealkylation sites (tertiary alicyclic amines) is 1. The zero-order valence-electron chi connectivity index (χ0n) is 15.7. The van der Waals surface area contributed by atoms with Crippen molar-refractivity contribution in [3.63, 3.8) is 0 Å². The van der Waals surface area contributed by atoms with E-state index in [1.165, 1.54) is 42.4 Å². The Morgan fingerprint density at radius 1 is 1.29 bits per heavy atom. The summed E-state index contributed by atoms with van der Waals surface area (Å²) in [4.78, 5) is 13.2. The van der Waals surface area contributed by atoms with Gasteiger partial charge in [0.25, 0.3) is 0 Å². The molecule has 1 saturated heterocycles. The zero-order chi connectivity index (χ0) is 17.4. The topological polar surface area (TPSA) is 52.6 Å². The molecule has 1 unspecified atom stereocenters. The van der Waals surface area contributed by atoms with Crippen LogP contribution in [-0.2, 0) is 6.42 Å². The van der Waals surface area contributed by atoms with Crippen LogP contribution in [0.2, 0.25) is 0 Å². The van der Waals surface area contributed by atoms with Gasteiger partial charge < -0.3 is 15.5 Å². The molecule has 0 aliphatic carbocycles. The number of rotatable bonds is 8. The maximum Gasteiger partial charge on any atom is 0.191 e. The summed E-state index contributed by atoms with van der Waals surface area (Å²) in [5.41, 5.74) is 1.16. The molecule has 2 rings (SSSR count). The molecule has 1 aliphatic heterocycles. The highest BCUT2D eigenvalue weighted by atomic mass is 32.1. The van der Waals surface area contributed by atoms with Gasteiger partial charge >= 0.3 is 0 Å². The van der Waals surface area contributed by atoms with Gasteiger partial charge in [-0.3, -0.25) is 4.99 Å². The van der Waals surface area contributed by atoms with Crippen LogP contribution in [0.5, 0.6) is 0 Å². The average molecular weight is 352 g/mol. The zero-order valence-corrected chi connectivity index (χ0v) is 16.5. The van der Waals surface area contributed by atoms with Gasteiger partial charge in [0.15, 0.2) is 5.96 Å². The van der Waals surface area contributed by atoms with Gasteiger partial charge in [-0.15, -0.1) is 11.3 Å². The summed E-state index contributed by atoms with van der Waals surface area (Å²) in [5, 5.41) is 7.99. The fourth-order valence-electron chi connectivity index (χ4n) is 2.99. The second kappa shape index (κ2) is 9.99. The molecule has 1 aliphatic rings. The highest BCUT2D eigenvalue weighted by Gasteiger charge is 2.14. The molecule has 0 amide bonds. The Hall–Kier alpha value is -1.14. The summed E-state index contributed by atoms with van der Waals surface area (Å²) in [6, 6.07) is 0. The lowest BCUT2D eigenvalue weighted by Gasteiger charge is -2.19. The lowest BCUT2D eigenvalue weighted by molar-refractivity contribution is 0.291. The Morgan fingerprint density at radius 2 is 2.04 bits per heavy atom. The summed E-state index contributed by atoms with van der Waals surface area (Å²) in [6.07, 6.45) is 3.67. The van der Waals surface area contributed by atoms with E-state index in [0.29, 0.717) is 5.92 Å². The minimum atomic E-state index is 0.600. The van der Waals surface area contributed by atoms with Crippen molar-refractivity contribution in [2.45, 2.75) is 47.0 Å². The molecule has 1 atom stereocenters. The molecule has 1 aromatic heterocycles. The number of hydrogen-bond donors (Lipinski definition) is 2. The van der Waals surface area contributed by atoms with Crippen molar-refractivity contribution < 1.29 is 0 Å². The minimum absolute atomic E-state index is 0.600. The molecule has 2 heterocycles. The van der Waals surface area contributed by atoms with Crippen LogP contribution >= 0.6 is 11.3 Å². The van der Waals surface area contributed by atoms with Gasteiger partial charge in [-0.25, -0.2) is 4.98 Å². The molecule has 5 nitrogen and oxygen atoms in total. The summed E-state index contributed by atoms with van der Waals surface area (Å²) < 4.78 is 0. The minimum Gasteiger partial charge on any atom is -0.357 e. The van der Waals surface area contributed by atoms with E-state index in [0.717, 1.165) is 37.7 Å². The third kappa shape index (κ3) is 6.40. The van der Waals surface area contributed by atoms with Gasteiger partial charge in [-0.2, -0.15) is 0 Å². The van der Waals surface area contributed by atoms with Crippen LogP contribution in [0.1, 0.15) is 42.3 Å². The Kier molecular flexibility index (Phi) is 7.99. The number of thiazole rings is 1. The molecule has 24 heavy (non-hydrogen) atoms. The highest BCUT2D eigenvalue weighted by molar-refractivity contribution is 7.11. The molecule has 0 radical (unpaired) electrons. The van der Waals surface area contributed by atoms with Gasteiger partial charge in [0.1, 0.15) is 0 Å². The van der Waals surface area contributed by atoms with Crippen molar-refractivity contribution in [3.05, 3.63) is 15.6 Å². The first-order chi connectivity index (χ1) is 11.6. The van der Waals surface area contributed by atoms with E-state index in [-0.39, 0.29) is 0 Å². The van der Waals surface area contributed by atoms with E-state index in [9.17, 15) is 0 Å². The molecule has 1 aromatic rings. The van der Waals surface area contributed by atoms with Crippen LogP contribution in [0.3, 0.4) is 0 Å². The van der Waals surface area contributed by atoms with Crippen LogP contribution in [0.15, 0.2) is 4.99 Å². The number of aryl methyl sites for hydroxylation is 2. The van der Waals surface area contributed by atoms with Crippen molar-refractivity contribution in [1.29, 1.82) is 0 Å². The second-order valence-corrected chi connectivity index (χ2v) is 8.05. The normalized spacial score (nSPS) is 17.2. The first kappa shape index (κ1) is 19.2. The quantitative estimate of drug-likeness (QED) is 0.558. The van der Waals surface area contributed by atoms with Crippen molar-refractivity contribution >= 4 is 17.3 Å². The fraction of sp³-hybridized carbons (Fsp3) is 0.778. The first-order valence-corrected chi connectivity index (χ1v) is 10.1. The Bertz CT molecular complexity index is 500. The van der Waals surface area contributed by atoms with E-state index >= 15 is 0 Å². The summed E-state index contributed by atoms with van der Waals surface area (Å²) in [5.74, 6) is 1.53. The lowest BCUT2D eigenvalue weighted by Crippen LogP contribution is -2.39. The predicted octanol–water partition coefficient (Wildman–Crippen LogP) is 2.59. The van der Waals surface area contributed by atoms with Crippen LogP contribution in [0.25, 0.3) is 0 Å². The van der Waals surface area contributed by atoms with E-state index in [4.69, 9.17) is 4.99 Å². The van der Waals surface area contributed by atoms with Gasteiger partial charge in [0.2, 0.25) is 0 Å². The van der Waals surface area contributed by atoms with E-state index in [1.54, 1.807) is 11.3 Å². The van der Waals surface area contributed by atoms with Gasteiger partial charge in [0.05, 0.1) is 10.7 Å². The van der Waals surface area contributed by atoms with Crippen molar-refractivity contribution in [3.8, 4) is 0 Å². The number of aromatic nitrogens is 1. The Balaban J connectivity index is 1.74. The molecule has 2 N–H and O–H groups in total. The molecule has 6 heteroatoms. The SMILES string of the molecule is CCNC(=NCC(C)CN1CCCC1)NCCc1nc(C)c(C)s1. The Labute approximate surface area is 151 Å². The summed E-state index contributed by atoms with van der Waals surface area (Å²) in [7, 11) is 0. The van der Waals surface area contributed by atoms with E-state index in [2.05, 4.69) is 48.2 Å². The first-order valence-electron chi connectivity index (χ1n) is 9.26. The number of guanidine groups is 1. The van der Waals surface area contributed by atoms with Crippen molar-refractivity contribution in [2.24, 2.45) is 10.9 Å².